The van der Waals surface area contributed by atoms with Gasteiger partial charge >= 0.3 is 5.97 Å². The molecule has 0 radical (unpaired) electrons. The van der Waals surface area contributed by atoms with Crippen LogP contribution >= 0.6 is 0 Å². The smallest absolute Gasteiger partial charge is 0.327 e. The standard InChI is InChI=1S/C13H13FN2O4/c14-7(6-15)5-10(13(19)20)16-11(17)8-3-1-2-4-9(8)12(16)18/h1-4,7,10H,5-6,15H2,(H,19,20). The number of imide groups is 1. The summed E-state index contributed by atoms with van der Waals surface area (Å²) >= 11 is 0. The number of hydrogen-bond donors (Lipinski definition) is 2. The van der Waals surface area contributed by atoms with Crippen LogP contribution in [0.15, 0.2) is 24.3 Å². The number of benzene rings is 1. The number of aliphatic carboxylic acids is 1. The molecule has 0 aromatic heterocycles. The van der Waals surface area contributed by atoms with Crippen molar-refractivity contribution >= 4 is 17.8 Å². The van der Waals surface area contributed by atoms with Gasteiger partial charge < -0.3 is 10.8 Å². The maximum absolute atomic E-state index is 13.3. The van der Waals surface area contributed by atoms with Crippen molar-refractivity contribution in [1.29, 1.82) is 0 Å². The van der Waals surface area contributed by atoms with Crippen molar-refractivity contribution in [1.82, 2.24) is 4.90 Å². The second kappa shape index (κ2) is 5.38. The van der Waals surface area contributed by atoms with E-state index in [0.29, 0.717) is 4.90 Å². The third-order valence-electron chi connectivity index (χ3n) is 3.16. The highest BCUT2D eigenvalue weighted by molar-refractivity contribution is 6.22. The average molecular weight is 280 g/mol. The normalized spacial score (nSPS) is 17.0. The molecule has 3 N–H and O–H groups in total. The molecule has 0 spiro atoms. The molecule has 1 aromatic carbocycles. The van der Waals surface area contributed by atoms with Crippen LogP contribution in [-0.4, -0.2) is 46.5 Å². The molecular formula is C13H13FN2O4. The zero-order valence-electron chi connectivity index (χ0n) is 10.5. The molecular weight excluding hydrogens is 267 g/mol. The number of amides is 2. The highest BCUT2D eigenvalue weighted by Gasteiger charge is 2.43. The first-order chi connectivity index (χ1) is 9.47. The van der Waals surface area contributed by atoms with E-state index in [-0.39, 0.29) is 17.7 Å². The van der Waals surface area contributed by atoms with E-state index in [1.807, 2.05) is 0 Å². The zero-order chi connectivity index (χ0) is 14.9. The molecule has 1 heterocycles. The molecule has 20 heavy (non-hydrogen) atoms. The Balaban J connectivity index is 2.35. The molecule has 1 aliphatic heterocycles. The quantitative estimate of drug-likeness (QED) is 0.761. The number of nitrogens with two attached hydrogens (primary N) is 1. The summed E-state index contributed by atoms with van der Waals surface area (Å²) in [6, 6.07) is 4.46. The minimum atomic E-state index is -1.60. The Morgan fingerprint density at radius 2 is 1.75 bits per heavy atom. The van der Waals surface area contributed by atoms with Crippen LogP contribution in [0.1, 0.15) is 27.1 Å². The first-order valence-corrected chi connectivity index (χ1v) is 6.01. The van der Waals surface area contributed by atoms with Crippen molar-refractivity contribution in [2.45, 2.75) is 18.6 Å². The number of nitrogens with zero attached hydrogens (tertiary/aromatic N) is 1. The number of carboxylic acids is 1. The van der Waals surface area contributed by atoms with Gasteiger partial charge in [-0.2, -0.15) is 0 Å². The van der Waals surface area contributed by atoms with Crippen LogP contribution in [0.25, 0.3) is 0 Å². The van der Waals surface area contributed by atoms with Gasteiger partial charge in [-0.05, 0) is 12.1 Å². The lowest BCUT2D eigenvalue weighted by Gasteiger charge is -2.23. The van der Waals surface area contributed by atoms with Gasteiger partial charge in [0.15, 0.2) is 0 Å². The number of hydrogen-bond acceptors (Lipinski definition) is 4. The fraction of sp³-hybridized carbons (Fsp3) is 0.308. The summed E-state index contributed by atoms with van der Waals surface area (Å²) < 4.78 is 13.3. The van der Waals surface area contributed by atoms with E-state index in [0.717, 1.165) is 0 Å². The molecule has 7 heteroatoms. The molecule has 2 rings (SSSR count). The van der Waals surface area contributed by atoms with Gasteiger partial charge in [0.05, 0.1) is 11.1 Å². The van der Waals surface area contributed by atoms with E-state index in [9.17, 15) is 18.8 Å². The van der Waals surface area contributed by atoms with E-state index in [2.05, 4.69) is 0 Å². The van der Waals surface area contributed by atoms with E-state index in [1.54, 1.807) is 12.1 Å². The first kappa shape index (κ1) is 14.1. The van der Waals surface area contributed by atoms with Crippen LogP contribution in [-0.2, 0) is 4.79 Å². The van der Waals surface area contributed by atoms with Crippen LogP contribution in [0.3, 0.4) is 0 Å². The lowest BCUT2D eigenvalue weighted by atomic mass is 10.1. The summed E-state index contributed by atoms with van der Waals surface area (Å²) in [5, 5.41) is 9.14. The Labute approximate surface area is 114 Å². The summed E-state index contributed by atoms with van der Waals surface area (Å²) in [7, 11) is 0. The predicted octanol–water partition coefficient (Wildman–Crippen LogP) is 0.423. The molecule has 2 amide bonds. The van der Waals surface area contributed by atoms with Gasteiger partial charge in [-0.3, -0.25) is 14.5 Å². The summed E-state index contributed by atoms with van der Waals surface area (Å²) in [6.45, 7) is -0.368. The van der Waals surface area contributed by atoms with Crippen LogP contribution in [0, 0.1) is 0 Å². The first-order valence-electron chi connectivity index (χ1n) is 6.01. The number of fused-ring (bicyclic) bond motifs is 1. The Hall–Kier alpha value is -2.28. The van der Waals surface area contributed by atoms with E-state index >= 15 is 0 Å². The zero-order valence-corrected chi connectivity index (χ0v) is 10.5. The highest BCUT2D eigenvalue weighted by atomic mass is 19.1. The van der Waals surface area contributed by atoms with Gasteiger partial charge in [0.2, 0.25) is 0 Å². The van der Waals surface area contributed by atoms with Gasteiger partial charge in [-0.15, -0.1) is 0 Å². The summed E-state index contributed by atoms with van der Waals surface area (Å²) in [6.07, 6.45) is -2.11. The number of carbonyl (C=O) groups excluding carboxylic acids is 2. The number of rotatable bonds is 5. The van der Waals surface area contributed by atoms with Crippen LogP contribution < -0.4 is 5.73 Å². The molecule has 106 valence electrons. The topological polar surface area (TPSA) is 101 Å². The number of alkyl halides is 1. The highest BCUT2D eigenvalue weighted by Crippen LogP contribution is 2.26. The predicted molar refractivity (Wildman–Crippen MR) is 66.9 cm³/mol. The van der Waals surface area contributed by atoms with Gasteiger partial charge in [0.25, 0.3) is 11.8 Å². The Morgan fingerprint density at radius 1 is 1.25 bits per heavy atom. The Morgan fingerprint density at radius 3 is 2.15 bits per heavy atom. The van der Waals surface area contributed by atoms with Crippen molar-refractivity contribution < 1.29 is 23.9 Å². The minimum Gasteiger partial charge on any atom is -0.480 e. The maximum Gasteiger partial charge on any atom is 0.327 e. The summed E-state index contributed by atoms with van der Waals surface area (Å²) in [4.78, 5) is 36.0. The van der Waals surface area contributed by atoms with E-state index in [1.165, 1.54) is 12.1 Å². The van der Waals surface area contributed by atoms with Crippen LogP contribution in [0.5, 0.6) is 0 Å². The summed E-state index contributed by atoms with van der Waals surface area (Å²) in [5.41, 5.74) is 5.38. The minimum absolute atomic E-state index is 0.131. The lowest BCUT2D eigenvalue weighted by Crippen LogP contribution is -2.46. The largest absolute Gasteiger partial charge is 0.480 e. The van der Waals surface area contributed by atoms with Crippen molar-refractivity contribution in [3.05, 3.63) is 35.4 Å². The molecule has 6 nitrogen and oxygen atoms in total. The Kier molecular flexibility index (Phi) is 3.80. The number of carboxylic acid groups (broad SMARTS) is 1. The third kappa shape index (κ3) is 2.27. The average Bonchev–Trinajstić information content (AvgIpc) is 2.69. The third-order valence-corrected chi connectivity index (χ3v) is 3.16. The maximum atomic E-state index is 13.3. The van der Waals surface area contributed by atoms with Crippen molar-refractivity contribution in [2.24, 2.45) is 5.73 Å². The second-order valence-corrected chi connectivity index (χ2v) is 4.45. The molecule has 2 atom stereocenters. The fourth-order valence-corrected chi connectivity index (χ4v) is 2.15. The van der Waals surface area contributed by atoms with Crippen LogP contribution in [0.4, 0.5) is 4.39 Å². The number of carbonyl (C=O) groups is 3. The van der Waals surface area contributed by atoms with Gasteiger partial charge in [0, 0.05) is 13.0 Å². The second-order valence-electron chi connectivity index (χ2n) is 4.45. The molecule has 0 aliphatic carbocycles. The molecule has 2 unspecified atom stereocenters. The SMILES string of the molecule is NCC(F)CC(C(=O)O)N1C(=O)c2ccccc2C1=O. The van der Waals surface area contributed by atoms with Crippen LogP contribution in [0.2, 0.25) is 0 Å². The molecule has 0 bridgehead atoms. The van der Waals surface area contributed by atoms with Crippen molar-refractivity contribution in [3.8, 4) is 0 Å². The summed E-state index contributed by atoms with van der Waals surface area (Å²) in [5.74, 6) is -2.87. The fourth-order valence-electron chi connectivity index (χ4n) is 2.15. The Bertz CT molecular complexity index is 540. The molecule has 0 saturated carbocycles. The number of halogens is 1. The molecule has 0 fully saturated rings. The van der Waals surface area contributed by atoms with E-state index in [4.69, 9.17) is 10.8 Å². The van der Waals surface area contributed by atoms with Crippen molar-refractivity contribution in [3.63, 3.8) is 0 Å². The lowest BCUT2D eigenvalue weighted by molar-refractivity contribution is -0.142. The van der Waals surface area contributed by atoms with Gasteiger partial charge in [-0.25, -0.2) is 9.18 Å². The monoisotopic (exact) mass is 280 g/mol. The molecule has 1 aliphatic rings. The van der Waals surface area contributed by atoms with E-state index < -0.39 is 36.4 Å². The molecule has 0 saturated heterocycles. The molecule has 1 aromatic rings. The van der Waals surface area contributed by atoms with Gasteiger partial charge in [-0.1, -0.05) is 12.1 Å². The van der Waals surface area contributed by atoms with Gasteiger partial charge in [0.1, 0.15) is 12.2 Å². The van der Waals surface area contributed by atoms with Crippen molar-refractivity contribution in [2.75, 3.05) is 6.54 Å².